The lowest BCUT2D eigenvalue weighted by atomic mass is 10.0. The molecule has 0 N–H and O–H groups in total. The molecule has 0 radical (unpaired) electrons. The number of ether oxygens (including phenoxy) is 1. The topological polar surface area (TPSA) is 9.23 Å². The van der Waals surface area contributed by atoms with Crippen molar-refractivity contribution in [3.8, 4) is 5.75 Å². The van der Waals surface area contributed by atoms with E-state index in [1.807, 2.05) is 0 Å². The lowest BCUT2D eigenvalue weighted by Gasteiger charge is -2.14. The van der Waals surface area contributed by atoms with E-state index in [1.165, 1.54) is 6.07 Å². The van der Waals surface area contributed by atoms with Gasteiger partial charge in [-0.2, -0.15) is 0 Å². The zero-order valence-electron chi connectivity index (χ0n) is 10.4. The Hall–Kier alpha value is -1.25. The van der Waals surface area contributed by atoms with Crippen LogP contribution in [-0.4, -0.2) is 7.11 Å². The Bertz CT molecular complexity index is 572. The van der Waals surface area contributed by atoms with Gasteiger partial charge in [0, 0.05) is 10.6 Å². The quantitative estimate of drug-likeness (QED) is 0.721. The van der Waals surface area contributed by atoms with Gasteiger partial charge in [0.15, 0.2) is 0 Å². The van der Waals surface area contributed by atoms with Gasteiger partial charge < -0.3 is 4.74 Å². The maximum absolute atomic E-state index is 13.6. The van der Waals surface area contributed by atoms with Crippen molar-refractivity contribution < 1.29 is 9.13 Å². The monoisotopic (exact) mass is 298 g/mol. The van der Waals surface area contributed by atoms with Gasteiger partial charge in [-0.3, -0.25) is 0 Å². The first-order valence-electron chi connectivity index (χ1n) is 5.82. The number of halogens is 3. The minimum atomic E-state index is -0.398. The molecule has 0 aliphatic carbocycles. The Kier molecular flexibility index (Phi) is 4.67. The van der Waals surface area contributed by atoms with Crippen LogP contribution in [-0.2, 0) is 6.42 Å². The fraction of sp³-hybridized carbons (Fsp3) is 0.200. The van der Waals surface area contributed by atoms with Crippen molar-refractivity contribution in [1.29, 1.82) is 0 Å². The molecule has 0 aromatic heterocycles. The summed E-state index contributed by atoms with van der Waals surface area (Å²) in [5.74, 6) is 0.398. The Labute approximate surface area is 121 Å². The molecule has 19 heavy (non-hydrogen) atoms. The van der Waals surface area contributed by atoms with E-state index < -0.39 is 5.38 Å². The van der Waals surface area contributed by atoms with Gasteiger partial charge in [0.1, 0.15) is 11.6 Å². The third-order valence-electron chi connectivity index (χ3n) is 2.89. The van der Waals surface area contributed by atoms with Gasteiger partial charge in [-0.1, -0.05) is 29.8 Å². The number of hydrogen-bond acceptors (Lipinski definition) is 1. The van der Waals surface area contributed by atoms with Crippen LogP contribution in [0.15, 0.2) is 42.5 Å². The smallest absolute Gasteiger partial charge is 0.126 e. The van der Waals surface area contributed by atoms with Crippen LogP contribution in [0.25, 0.3) is 0 Å². The predicted octanol–water partition coefficient (Wildman–Crippen LogP) is 5.01. The van der Waals surface area contributed by atoms with E-state index in [4.69, 9.17) is 27.9 Å². The van der Waals surface area contributed by atoms with Crippen LogP contribution in [0.2, 0.25) is 5.02 Å². The van der Waals surface area contributed by atoms with E-state index in [0.29, 0.717) is 22.8 Å². The molecule has 0 aliphatic heterocycles. The first-order valence-corrected chi connectivity index (χ1v) is 6.64. The van der Waals surface area contributed by atoms with E-state index in [-0.39, 0.29) is 5.82 Å². The average molecular weight is 299 g/mol. The Morgan fingerprint density at radius 3 is 2.63 bits per heavy atom. The van der Waals surface area contributed by atoms with E-state index in [2.05, 4.69) is 0 Å². The number of rotatable bonds is 4. The molecule has 2 aromatic rings. The van der Waals surface area contributed by atoms with Gasteiger partial charge in [0.25, 0.3) is 0 Å². The maximum Gasteiger partial charge on any atom is 0.126 e. The van der Waals surface area contributed by atoms with Gasteiger partial charge in [-0.15, -0.1) is 11.6 Å². The summed E-state index contributed by atoms with van der Waals surface area (Å²) in [6, 6.07) is 11.8. The van der Waals surface area contributed by atoms with Gasteiger partial charge in [0.05, 0.1) is 12.5 Å². The van der Waals surface area contributed by atoms with Crippen LogP contribution in [0.4, 0.5) is 4.39 Å². The average Bonchev–Trinajstić information content (AvgIpc) is 2.41. The summed E-state index contributed by atoms with van der Waals surface area (Å²) in [6.45, 7) is 0. The zero-order valence-corrected chi connectivity index (χ0v) is 11.9. The highest BCUT2D eigenvalue weighted by molar-refractivity contribution is 6.31. The molecule has 1 atom stereocenters. The first-order chi connectivity index (χ1) is 9.11. The van der Waals surface area contributed by atoms with E-state index in [9.17, 15) is 4.39 Å². The molecule has 0 fully saturated rings. The number of alkyl halides is 1. The number of benzene rings is 2. The molecule has 0 bridgehead atoms. The van der Waals surface area contributed by atoms with Gasteiger partial charge in [0.2, 0.25) is 0 Å². The van der Waals surface area contributed by atoms with Crippen LogP contribution in [0.5, 0.6) is 5.75 Å². The molecular weight excluding hydrogens is 286 g/mol. The largest absolute Gasteiger partial charge is 0.496 e. The van der Waals surface area contributed by atoms with Crippen LogP contribution >= 0.6 is 23.2 Å². The van der Waals surface area contributed by atoms with Crippen LogP contribution in [0, 0.1) is 5.82 Å². The molecule has 2 rings (SSSR count). The molecule has 0 aliphatic rings. The van der Waals surface area contributed by atoms with Crippen molar-refractivity contribution in [2.75, 3.05) is 7.11 Å². The zero-order chi connectivity index (χ0) is 13.8. The van der Waals surface area contributed by atoms with E-state index in [1.54, 1.807) is 43.5 Å². The first kappa shape index (κ1) is 14.2. The third-order valence-corrected chi connectivity index (χ3v) is 3.51. The standard InChI is InChI=1S/C15H13Cl2FO/c1-19-15-7-6-11(16)9-12(15)13(17)8-10-4-2-3-5-14(10)18/h2-7,9,13H,8H2,1H3. The normalized spacial score (nSPS) is 12.2. The second-order valence-corrected chi connectivity index (χ2v) is 5.11. The molecular formula is C15H13Cl2FO. The molecule has 2 aromatic carbocycles. The lowest BCUT2D eigenvalue weighted by molar-refractivity contribution is 0.409. The minimum Gasteiger partial charge on any atom is -0.496 e. The van der Waals surface area contributed by atoms with Gasteiger partial charge in [-0.05, 0) is 36.2 Å². The molecule has 0 saturated carbocycles. The van der Waals surface area contributed by atoms with Gasteiger partial charge in [-0.25, -0.2) is 4.39 Å². The Balaban J connectivity index is 2.27. The van der Waals surface area contributed by atoms with Crippen molar-refractivity contribution in [2.45, 2.75) is 11.8 Å². The highest BCUT2D eigenvalue weighted by Gasteiger charge is 2.16. The molecule has 0 spiro atoms. The predicted molar refractivity (Wildman–Crippen MR) is 76.7 cm³/mol. The van der Waals surface area contributed by atoms with Crippen molar-refractivity contribution in [1.82, 2.24) is 0 Å². The number of hydrogen-bond donors (Lipinski definition) is 0. The summed E-state index contributed by atoms with van der Waals surface area (Å²) in [5.41, 5.74) is 1.34. The third kappa shape index (κ3) is 3.40. The summed E-state index contributed by atoms with van der Waals surface area (Å²) < 4.78 is 18.9. The second-order valence-electron chi connectivity index (χ2n) is 4.15. The molecule has 0 amide bonds. The fourth-order valence-corrected chi connectivity index (χ4v) is 2.43. The summed E-state index contributed by atoms with van der Waals surface area (Å²) in [7, 11) is 1.57. The Morgan fingerprint density at radius 2 is 1.95 bits per heavy atom. The SMILES string of the molecule is COc1ccc(Cl)cc1C(Cl)Cc1ccccc1F. The maximum atomic E-state index is 13.6. The highest BCUT2D eigenvalue weighted by atomic mass is 35.5. The van der Waals surface area contributed by atoms with Crippen molar-refractivity contribution in [2.24, 2.45) is 0 Å². The van der Waals surface area contributed by atoms with E-state index in [0.717, 1.165) is 5.56 Å². The molecule has 0 saturated heterocycles. The summed E-state index contributed by atoms with van der Waals surface area (Å²) in [5, 5.41) is 0.181. The molecule has 4 heteroatoms. The molecule has 0 heterocycles. The fourth-order valence-electron chi connectivity index (χ4n) is 1.92. The van der Waals surface area contributed by atoms with Crippen LogP contribution < -0.4 is 4.74 Å². The summed E-state index contributed by atoms with van der Waals surface area (Å²) in [4.78, 5) is 0. The van der Waals surface area contributed by atoms with Crippen molar-refractivity contribution in [3.63, 3.8) is 0 Å². The Morgan fingerprint density at radius 1 is 1.21 bits per heavy atom. The number of methoxy groups -OCH3 is 1. The molecule has 1 nitrogen and oxygen atoms in total. The van der Waals surface area contributed by atoms with E-state index >= 15 is 0 Å². The highest BCUT2D eigenvalue weighted by Crippen LogP contribution is 2.34. The van der Waals surface area contributed by atoms with Gasteiger partial charge >= 0.3 is 0 Å². The molecule has 1 unspecified atom stereocenters. The summed E-state index contributed by atoms with van der Waals surface area (Å²) in [6.07, 6.45) is 0.380. The minimum absolute atomic E-state index is 0.255. The summed E-state index contributed by atoms with van der Waals surface area (Å²) >= 11 is 12.3. The van der Waals surface area contributed by atoms with Crippen molar-refractivity contribution >= 4 is 23.2 Å². The molecule has 100 valence electrons. The van der Waals surface area contributed by atoms with Crippen LogP contribution in [0.3, 0.4) is 0 Å². The van der Waals surface area contributed by atoms with Crippen molar-refractivity contribution in [3.05, 3.63) is 64.4 Å². The lowest BCUT2D eigenvalue weighted by Crippen LogP contribution is -2.01. The van der Waals surface area contributed by atoms with Crippen LogP contribution in [0.1, 0.15) is 16.5 Å². The second kappa shape index (κ2) is 6.27.